The number of phenolic OH excluding ortho intramolecular Hbond substituents is 1. The lowest BCUT2D eigenvalue weighted by Gasteiger charge is -2.07. The number of aryl methyl sites for hydroxylation is 1. The van der Waals surface area contributed by atoms with Crippen LogP contribution in [0.15, 0.2) is 51.9 Å². The molecule has 5 heteroatoms. The van der Waals surface area contributed by atoms with Gasteiger partial charge in [-0.15, -0.1) is 0 Å². The van der Waals surface area contributed by atoms with Crippen LogP contribution in [0.1, 0.15) is 5.56 Å². The first-order valence-electron chi connectivity index (χ1n) is 6.24. The zero-order chi connectivity index (χ0) is 15.0. The number of fused-ring (bicyclic) bond motifs is 1. The Balaban J connectivity index is 2.08. The van der Waals surface area contributed by atoms with Crippen LogP contribution in [0.25, 0.3) is 11.0 Å². The molecule has 0 amide bonds. The number of rotatable bonds is 2. The minimum Gasteiger partial charge on any atom is -0.508 e. The van der Waals surface area contributed by atoms with Gasteiger partial charge in [0.1, 0.15) is 23.3 Å². The lowest BCUT2D eigenvalue weighted by atomic mass is 10.1. The van der Waals surface area contributed by atoms with Crippen molar-refractivity contribution in [1.82, 2.24) is 0 Å². The van der Waals surface area contributed by atoms with Crippen LogP contribution in [0.5, 0.6) is 17.2 Å². The summed E-state index contributed by atoms with van der Waals surface area (Å²) in [6.45, 7) is 1.68. The van der Waals surface area contributed by atoms with Crippen LogP contribution >= 0.6 is 11.6 Å². The summed E-state index contributed by atoms with van der Waals surface area (Å²) >= 11 is 5.80. The standard InChI is InChI=1S/C16H11ClO4/c1-9-13(18)7-6-12-15(19)14(8-20-16(9)12)21-11-4-2-10(17)3-5-11/h2-8,18H,1H3. The van der Waals surface area contributed by atoms with E-state index >= 15 is 0 Å². The second-order valence-electron chi connectivity index (χ2n) is 4.57. The van der Waals surface area contributed by atoms with Crippen LogP contribution in [-0.4, -0.2) is 5.11 Å². The Morgan fingerprint density at radius 1 is 1.14 bits per heavy atom. The average Bonchev–Trinajstić information content (AvgIpc) is 2.48. The first kappa shape index (κ1) is 13.5. The van der Waals surface area contributed by atoms with Gasteiger partial charge in [0.2, 0.25) is 11.2 Å². The van der Waals surface area contributed by atoms with Crippen molar-refractivity contribution in [2.45, 2.75) is 6.92 Å². The van der Waals surface area contributed by atoms with E-state index < -0.39 is 0 Å². The third-order valence-corrected chi connectivity index (χ3v) is 3.42. The molecule has 0 radical (unpaired) electrons. The molecule has 3 aromatic rings. The van der Waals surface area contributed by atoms with E-state index in [2.05, 4.69) is 0 Å². The minimum absolute atomic E-state index is 0.0786. The minimum atomic E-state index is -0.297. The van der Waals surface area contributed by atoms with Crippen LogP contribution in [0.4, 0.5) is 0 Å². The number of benzene rings is 2. The Kier molecular flexibility index (Phi) is 3.31. The second-order valence-corrected chi connectivity index (χ2v) is 5.01. The Morgan fingerprint density at radius 2 is 1.86 bits per heavy atom. The molecule has 1 heterocycles. The van der Waals surface area contributed by atoms with E-state index in [1.165, 1.54) is 18.4 Å². The zero-order valence-corrected chi connectivity index (χ0v) is 11.8. The molecule has 0 atom stereocenters. The highest BCUT2D eigenvalue weighted by Crippen LogP contribution is 2.27. The molecular weight excluding hydrogens is 292 g/mol. The van der Waals surface area contributed by atoms with E-state index in [-0.39, 0.29) is 16.9 Å². The van der Waals surface area contributed by atoms with E-state index in [4.69, 9.17) is 20.8 Å². The van der Waals surface area contributed by atoms with Gasteiger partial charge in [0, 0.05) is 10.6 Å². The van der Waals surface area contributed by atoms with Gasteiger partial charge in [-0.25, -0.2) is 0 Å². The Labute approximate surface area is 125 Å². The van der Waals surface area contributed by atoms with E-state index in [9.17, 15) is 9.90 Å². The molecule has 1 aromatic heterocycles. The largest absolute Gasteiger partial charge is 0.508 e. The molecule has 0 spiro atoms. The Bertz CT molecular complexity index is 866. The molecule has 0 aliphatic heterocycles. The highest BCUT2D eigenvalue weighted by Gasteiger charge is 2.12. The molecule has 0 aliphatic carbocycles. The molecule has 3 rings (SSSR count). The molecule has 0 saturated heterocycles. The first-order chi connectivity index (χ1) is 10.1. The third-order valence-electron chi connectivity index (χ3n) is 3.17. The maximum atomic E-state index is 12.4. The second kappa shape index (κ2) is 5.14. The quantitative estimate of drug-likeness (QED) is 0.768. The highest BCUT2D eigenvalue weighted by atomic mass is 35.5. The molecule has 106 valence electrons. The number of hydrogen-bond acceptors (Lipinski definition) is 4. The van der Waals surface area contributed by atoms with Gasteiger partial charge in [-0.05, 0) is 43.3 Å². The van der Waals surface area contributed by atoms with Gasteiger partial charge in [-0.3, -0.25) is 4.79 Å². The van der Waals surface area contributed by atoms with Crippen molar-refractivity contribution in [3.63, 3.8) is 0 Å². The maximum absolute atomic E-state index is 12.4. The van der Waals surface area contributed by atoms with E-state index in [0.717, 1.165) is 0 Å². The Morgan fingerprint density at radius 3 is 2.57 bits per heavy atom. The molecule has 0 bridgehead atoms. The van der Waals surface area contributed by atoms with Crippen molar-refractivity contribution in [2.24, 2.45) is 0 Å². The fourth-order valence-electron chi connectivity index (χ4n) is 2.01. The number of ether oxygens (including phenoxy) is 1. The van der Waals surface area contributed by atoms with Crippen LogP contribution in [0.2, 0.25) is 5.02 Å². The lowest BCUT2D eigenvalue weighted by Crippen LogP contribution is -2.05. The van der Waals surface area contributed by atoms with Crippen LogP contribution in [0, 0.1) is 6.92 Å². The smallest absolute Gasteiger partial charge is 0.235 e. The molecule has 0 fully saturated rings. The van der Waals surface area contributed by atoms with Crippen molar-refractivity contribution >= 4 is 22.6 Å². The summed E-state index contributed by atoms with van der Waals surface area (Å²) in [4.78, 5) is 12.4. The maximum Gasteiger partial charge on any atom is 0.235 e. The van der Waals surface area contributed by atoms with Gasteiger partial charge in [0.15, 0.2) is 0 Å². The molecule has 0 unspecified atom stereocenters. The molecule has 1 N–H and O–H groups in total. The Hall–Kier alpha value is -2.46. The van der Waals surface area contributed by atoms with E-state index in [1.54, 1.807) is 31.2 Å². The number of halogens is 1. The van der Waals surface area contributed by atoms with E-state index in [0.29, 0.717) is 27.3 Å². The normalized spacial score (nSPS) is 10.8. The van der Waals surface area contributed by atoms with Crippen molar-refractivity contribution in [1.29, 1.82) is 0 Å². The number of phenols is 1. The fraction of sp³-hybridized carbons (Fsp3) is 0.0625. The van der Waals surface area contributed by atoms with Crippen LogP contribution < -0.4 is 10.2 Å². The molecule has 4 nitrogen and oxygen atoms in total. The summed E-state index contributed by atoms with van der Waals surface area (Å²) in [5.41, 5.74) is 0.570. The average molecular weight is 303 g/mol. The SMILES string of the molecule is Cc1c(O)ccc2c(=O)c(Oc3ccc(Cl)cc3)coc12. The predicted octanol–water partition coefficient (Wildman–Crippen LogP) is 4.25. The summed E-state index contributed by atoms with van der Waals surface area (Å²) in [6.07, 6.45) is 1.24. The van der Waals surface area contributed by atoms with Gasteiger partial charge >= 0.3 is 0 Å². The summed E-state index contributed by atoms with van der Waals surface area (Å²) in [5, 5.41) is 10.6. The van der Waals surface area contributed by atoms with Gasteiger partial charge in [0.05, 0.1) is 5.39 Å². The molecule has 2 aromatic carbocycles. The third kappa shape index (κ3) is 2.45. The molecular formula is C16H11ClO4. The lowest BCUT2D eigenvalue weighted by molar-refractivity contribution is 0.447. The van der Waals surface area contributed by atoms with E-state index in [1.807, 2.05) is 0 Å². The van der Waals surface area contributed by atoms with Crippen molar-refractivity contribution in [3.8, 4) is 17.2 Å². The van der Waals surface area contributed by atoms with Crippen LogP contribution in [0.3, 0.4) is 0 Å². The van der Waals surface area contributed by atoms with Crippen molar-refractivity contribution < 1.29 is 14.3 Å². The number of aromatic hydroxyl groups is 1. The summed E-state index contributed by atoms with van der Waals surface area (Å²) < 4.78 is 10.9. The summed E-state index contributed by atoms with van der Waals surface area (Å²) in [7, 11) is 0. The summed E-state index contributed by atoms with van der Waals surface area (Å²) in [5.74, 6) is 0.647. The van der Waals surface area contributed by atoms with Crippen LogP contribution in [-0.2, 0) is 0 Å². The fourth-order valence-corrected chi connectivity index (χ4v) is 2.14. The summed E-state index contributed by atoms with van der Waals surface area (Å²) in [6, 6.07) is 9.63. The molecule has 0 saturated carbocycles. The van der Waals surface area contributed by atoms with Crippen molar-refractivity contribution in [3.05, 3.63) is 63.5 Å². The molecule has 21 heavy (non-hydrogen) atoms. The monoisotopic (exact) mass is 302 g/mol. The molecule has 0 aliphatic rings. The van der Waals surface area contributed by atoms with Crippen molar-refractivity contribution in [2.75, 3.05) is 0 Å². The van der Waals surface area contributed by atoms with Gasteiger partial charge < -0.3 is 14.3 Å². The topological polar surface area (TPSA) is 59.7 Å². The van der Waals surface area contributed by atoms with Gasteiger partial charge in [-0.2, -0.15) is 0 Å². The first-order valence-corrected chi connectivity index (χ1v) is 6.61. The number of hydrogen-bond donors (Lipinski definition) is 1. The highest BCUT2D eigenvalue weighted by molar-refractivity contribution is 6.30. The predicted molar refractivity (Wildman–Crippen MR) is 80.4 cm³/mol. The zero-order valence-electron chi connectivity index (χ0n) is 11.1. The van der Waals surface area contributed by atoms with Gasteiger partial charge in [-0.1, -0.05) is 11.6 Å². The van der Waals surface area contributed by atoms with Gasteiger partial charge in [0.25, 0.3) is 0 Å².